The lowest BCUT2D eigenvalue weighted by atomic mass is 9.91. The van der Waals surface area contributed by atoms with Crippen LogP contribution in [0.1, 0.15) is 45.6 Å². The van der Waals surface area contributed by atoms with Gasteiger partial charge in [-0.15, -0.1) is 0 Å². The second-order valence-electron chi connectivity index (χ2n) is 5.88. The van der Waals surface area contributed by atoms with Crippen LogP contribution in [0.4, 0.5) is 4.39 Å². The van der Waals surface area contributed by atoms with Gasteiger partial charge in [0.15, 0.2) is 5.78 Å². The SMILES string of the molecule is Cc1c(C#N)c(SCC(=O)c2ccc(F)cc2)nc2c1CCCC2. The van der Waals surface area contributed by atoms with Crippen molar-refractivity contribution in [1.29, 1.82) is 5.26 Å². The van der Waals surface area contributed by atoms with Crippen molar-refractivity contribution in [2.24, 2.45) is 0 Å². The normalized spacial score (nSPS) is 13.2. The minimum atomic E-state index is -0.363. The Bertz CT molecular complexity index is 825. The molecule has 0 amide bonds. The highest BCUT2D eigenvalue weighted by Gasteiger charge is 2.20. The molecule has 24 heavy (non-hydrogen) atoms. The molecule has 0 bridgehead atoms. The highest BCUT2D eigenvalue weighted by Crippen LogP contribution is 2.31. The van der Waals surface area contributed by atoms with Crippen molar-refractivity contribution in [3.63, 3.8) is 0 Å². The van der Waals surface area contributed by atoms with Gasteiger partial charge in [0.2, 0.25) is 0 Å². The summed E-state index contributed by atoms with van der Waals surface area (Å²) >= 11 is 1.29. The molecular formula is C19H17FN2OS. The van der Waals surface area contributed by atoms with Crippen molar-refractivity contribution < 1.29 is 9.18 Å². The second-order valence-corrected chi connectivity index (χ2v) is 6.84. The molecule has 1 aliphatic rings. The average Bonchev–Trinajstić information content (AvgIpc) is 2.60. The van der Waals surface area contributed by atoms with E-state index in [-0.39, 0.29) is 17.4 Å². The summed E-state index contributed by atoms with van der Waals surface area (Å²) in [5, 5.41) is 10.1. The van der Waals surface area contributed by atoms with Crippen LogP contribution >= 0.6 is 11.8 Å². The second kappa shape index (κ2) is 7.14. The number of rotatable bonds is 4. The van der Waals surface area contributed by atoms with E-state index in [0.717, 1.165) is 36.9 Å². The van der Waals surface area contributed by atoms with Gasteiger partial charge in [0.05, 0.1) is 11.3 Å². The standard InChI is InChI=1S/C19H17FN2OS/c1-12-15-4-2-3-5-17(15)22-19(16(12)10-21)24-11-18(23)13-6-8-14(20)9-7-13/h6-9H,2-5,11H2,1H3. The number of Topliss-reactive ketones (excluding diaryl/α,β-unsaturated/α-hetero) is 1. The van der Waals surface area contributed by atoms with Gasteiger partial charge in [-0.05, 0) is 68.0 Å². The van der Waals surface area contributed by atoms with Gasteiger partial charge >= 0.3 is 0 Å². The summed E-state index contributed by atoms with van der Waals surface area (Å²) in [6, 6.07) is 7.76. The topological polar surface area (TPSA) is 53.8 Å². The quantitative estimate of drug-likeness (QED) is 0.616. The number of benzene rings is 1. The number of aromatic nitrogens is 1. The number of carbonyl (C=O) groups excluding carboxylic acids is 1. The lowest BCUT2D eigenvalue weighted by molar-refractivity contribution is 0.102. The molecule has 0 radical (unpaired) electrons. The van der Waals surface area contributed by atoms with Crippen molar-refractivity contribution in [2.45, 2.75) is 37.6 Å². The lowest BCUT2D eigenvalue weighted by Crippen LogP contribution is -2.11. The van der Waals surface area contributed by atoms with E-state index in [9.17, 15) is 14.4 Å². The van der Waals surface area contributed by atoms with E-state index >= 15 is 0 Å². The fourth-order valence-corrected chi connectivity index (χ4v) is 3.95. The molecule has 0 aliphatic heterocycles. The van der Waals surface area contributed by atoms with Crippen molar-refractivity contribution >= 4 is 17.5 Å². The van der Waals surface area contributed by atoms with E-state index in [0.29, 0.717) is 16.2 Å². The molecule has 1 aromatic carbocycles. The number of hydrogen-bond acceptors (Lipinski definition) is 4. The number of hydrogen-bond donors (Lipinski definition) is 0. The zero-order valence-corrected chi connectivity index (χ0v) is 14.3. The molecule has 122 valence electrons. The van der Waals surface area contributed by atoms with Crippen LogP contribution in [0.3, 0.4) is 0 Å². The predicted molar refractivity (Wildman–Crippen MR) is 91.8 cm³/mol. The minimum absolute atomic E-state index is 0.0962. The summed E-state index contributed by atoms with van der Waals surface area (Å²) in [7, 11) is 0. The molecule has 3 rings (SSSR count). The van der Waals surface area contributed by atoms with Crippen molar-refractivity contribution in [3.8, 4) is 6.07 Å². The highest BCUT2D eigenvalue weighted by molar-refractivity contribution is 8.00. The summed E-state index contributed by atoms with van der Waals surface area (Å²) in [5.41, 5.74) is 4.31. The fraction of sp³-hybridized carbons (Fsp3) is 0.316. The molecule has 0 saturated heterocycles. The highest BCUT2D eigenvalue weighted by atomic mass is 32.2. The Morgan fingerprint density at radius 2 is 2.00 bits per heavy atom. The van der Waals surface area contributed by atoms with E-state index in [1.807, 2.05) is 6.92 Å². The van der Waals surface area contributed by atoms with Crippen LogP contribution in [-0.4, -0.2) is 16.5 Å². The van der Waals surface area contributed by atoms with Gasteiger partial charge in [-0.1, -0.05) is 11.8 Å². The fourth-order valence-electron chi connectivity index (χ4n) is 3.00. The minimum Gasteiger partial charge on any atom is -0.293 e. The summed E-state index contributed by atoms with van der Waals surface area (Å²) in [4.78, 5) is 16.9. The molecule has 3 nitrogen and oxygen atoms in total. The monoisotopic (exact) mass is 340 g/mol. The Hall–Kier alpha value is -2.19. The lowest BCUT2D eigenvalue weighted by Gasteiger charge is -2.19. The number of thioether (sulfide) groups is 1. The first kappa shape index (κ1) is 16.7. The Morgan fingerprint density at radius 3 is 2.71 bits per heavy atom. The van der Waals surface area contributed by atoms with Crippen LogP contribution in [0.25, 0.3) is 0 Å². The van der Waals surface area contributed by atoms with Crippen molar-refractivity contribution in [1.82, 2.24) is 4.98 Å². The first-order valence-corrected chi connectivity index (χ1v) is 8.92. The molecule has 1 aromatic heterocycles. The van der Waals surface area contributed by atoms with Crippen LogP contribution in [0.15, 0.2) is 29.3 Å². The van der Waals surface area contributed by atoms with Gasteiger partial charge < -0.3 is 0 Å². The van der Waals surface area contributed by atoms with E-state index < -0.39 is 0 Å². The number of pyridine rings is 1. The Kier molecular flexibility index (Phi) is 4.96. The third-order valence-corrected chi connectivity index (χ3v) is 5.31. The maximum Gasteiger partial charge on any atom is 0.173 e. The molecule has 0 fully saturated rings. The molecule has 0 N–H and O–H groups in total. The van der Waals surface area contributed by atoms with Gasteiger partial charge in [0.1, 0.15) is 16.9 Å². The molecule has 0 saturated carbocycles. The molecule has 1 heterocycles. The number of carbonyl (C=O) groups is 1. The number of nitriles is 1. The van der Waals surface area contributed by atoms with Crippen LogP contribution in [-0.2, 0) is 12.8 Å². The smallest absolute Gasteiger partial charge is 0.173 e. The van der Waals surface area contributed by atoms with E-state index in [1.54, 1.807) is 0 Å². The van der Waals surface area contributed by atoms with Gasteiger partial charge in [0, 0.05) is 11.3 Å². The van der Waals surface area contributed by atoms with Gasteiger partial charge in [-0.25, -0.2) is 9.37 Å². The average molecular weight is 340 g/mol. The van der Waals surface area contributed by atoms with Crippen LogP contribution in [0, 0.1) is 24.1 Å². The van der Waals surface area contributed by atoms with Crippen LogP contribution < -0.4 is 0 Å². The van der Waals surface area contributed by atoms with Gasteiger partial charge in [-0.2, -0.15) is 5.26 Å². The molecule has 5 heteroatoms. The van der Waals surface area contributed by atoms with Gasteiger partial charge in [0.25, 0.3) is 0 Å². The summed E-state index contributed by atoms with van der Waals surface area (Å²) in [5.74, 6) is -0.273. The number of halogens is 1. The molecular weight excluding hydrogens is 323 g/mol. The maximum absolute atomic E-state index is 12.9. The third kappa shape index (κ3) is 3.34. The first-order valence-electron chi connectivity index (χ1n) is 7.94. The van der Waals surface area contributed by atoms with Gasteiger partial charge in [-0.3, -0.25) is 4.79 Å². The number of aryl methyl sites for hydroxylation is 1. The molecule has 0 unspecified atom stereocenters. The molecule has 1 aliphatic carbocycles. The number of ketones is 1. The summed E-state index contributed by atoms with van der Waals surface area (Å²) < 4.78 is 12.9. The largest absolute Gasteiger partial charge is 0.293 e. The predicted octanol–water partition coefficient (Wildman–Crippen LogP) is 4.25. The molecule has 0 atom stereocenters. The zero-order valence-electron chi connectivity index (χ0n) is 13.4. The number of fused-ring (bicyclic) bond motifs is 1. The van der Waals surface area contributed by atoms with Crippen molar-refractivity contribution in [3.05, 3.63) is 58.0 Å². The third-order valence-electron chi connectivity index (χ3n) is 4.33. The van der Waals surface area contributed by atoms with E-state index in [1.165, 1.54) is 41.6 Å². The van der Waals surface area contributed by atoms with Crippen molar-refractivity contribution in [2.75, 3.05) is 5.75 Å². The van der Waals surface area contributed by atoms with E-state index in [4.69, 9.17) is 0 Å². The Labute approximate surface area is 144 Å². The molecule has 0 spiro atoms. The van der Waals surface area contributed by atoms with Crippen LogP contribution in [0.2, 0.25) is 0 Å². The zero-order chi connectivity index (χ0) is 17.1. The van der Waals surface area contributed by atoms with E-state index in [2.05, 4.69) is 11.1 Å². The maximum atomic E-state index is 12.9. The number of nitrogens with zero attached hydrogens (tertiary/aromatic N) is 2. The molecule has 2 aromatic rings. The summed E-state index contributed by atoms with van der Waals surface area (Å²) in [6.07, 6.45) is 4.16. The Morgan fingerprint density at radius 1 is 1.29 bits per heavy atom. The Balaban J connectivity index is 1.82. The first-order chi connectivity index (χ1) is 11.6. The van der Waals surface area contributed by atoms with Crippen LogP contribution in [0.5, 0.6) is 0 Å². The summed E-state index contributed by atoms with van der Waals surface area (Å²) in [6.45, 7) is 1.97.